The molecule has 0 spiro atoms. The number of para-hydroxylation sites is 2. The molecule has 10 nitrogen and oxygen atoms in total. The van der Waals surface area contributed by atoms with Gasteiger partial charge in [-0.25, -0.2) is 5.43 Å². The molecule has 0 fully saturated rings. The topological polar surface area (TPSA) is 154 Å². The number of rotatable bonds is 10. The Balaban J connectivity index is 1.66. The summed E-state index contributed by atoms with van der Waals surface area (Å²) in [6, 6.07) is 9.96. The van der Waals surface area contributed by atoms with Gasteiger partial charge in [0.25, 0.3) is 5.69 Å². The lowest BCUT2D eigenvalue weighted by Gasteiger charge is -2.06. The number of carbonyl (C=O) groups is 2. The number of unbranched alkanes of at least 4 members (excludes halogenated alkanes) is 2. The van der Waals surface area contributed by atoms with Gasteiger partial charge in [0.05, 0.1) is 22.4 Å². The summed E-state index contributed by atoms with van der Waals surface area (Å²) < 4.78 is 0. The Bertz CT molecular complexity index is 945. The molecule has 0 saturated heterocycles. The summed E-state index contributed by atoms with van der Waals surface area (Å²) in [4.78, 5) is 34.0. The molecule has 30 heavy (non-hydrogen) atoms. The summed E-state index contributed by atoms with van der Waals surface area (Å²) in [5.41, 5.74) is 2.45. The van der Waals surface area contributed by atoms with E-state index in [9.17, 15) is 29.9 Å². The van der Waals surface area contributed by atoms with Crippen LogP contribution in [-0.2, 0) is 9.59 Å². The van der Waals surface area contributed by atoms with Crippen LogP contribution in [0.25, 0.3) is 0 Å². The molecule has 0 atom stereocenters. The van der Waals surface area contributed by atoms with E-state index in [2.05, 4.69) is 15.8 Å². The molecule has 2 aromatic rings. The molecule has 0 aliphatic carbocycles. The number of phenols is 2. The van der Waals surface area contributed by atoms with Gasteiger partial charge in [-0.15, -0.1) is 0 Å². The van der Waals surface area contributed by atoms with Crippen LogP contribution in [0.4, 0.5) is 11.4 Å². The molecule has 10 heteroatoms. The Hall–Kier alpha value is -3.95. The van der Waals surface area contributed by atoms with Crippen molar-refractivity contribution < 1.29 is 24.7 Å². The molecule has 0 bridgehead atoms. The van der Waals surface area contributed by atoms with Crippen molar-refractivity contribution in [2.24, 2.45) is 5.10 Å². The molecule has 0 aliphatic heterocycles. The second-order valence-corrected chi connectivity index (χ2v) is 6.42. The van der Waals surface area contributed by atoms with Gasteiger partial charge in [0.2, 0.25) is 11.8 Å². The van der Waals surface area contributed by atoms with Gasteiger partial charge >= 0.3 is 0 Å². The van der Waals surface area contributed by atoms with Gasteiger partial charge < -0.3 is 15.5 Å². The molecule has 0 aliphatic rings. The first kappa shape index (κ1) is 22.3. The van der Waals surface area contributed by atoms with E-state index in [1.54, 1.807) is 18.2 Å². The van der Waals surface area contributed by atoms with Crippen LogP contribution in [0, 0.1) is 10.1 Å². The van der Waals surface area contributed by atoms with E-state index in [-0.39, 0.29) is 47.4 Å². The molecule has 0 radical (unpaired) electrons. The van der Waals surface area contributed by atoms with Crippen molar-refractivity contribution in [3.63, 3.8) is 0 Å². The van der Waals surface area contributed by atoms with E-state index in [1.807, 2.05) is 0 Å². The number of amides is 2. The number of carbonyl (C=O) groups excluding carboxylic acids is 2. The van der Waals surface area contributed by atoms with Gasteiger partial charge in [0.15, 0.2) is 0 Å². The number of aromatic hydroxyl groups is 2. The fraction of sp³-hybridized carbons (Fsp3) is 0.250. The number of nitrogens with one attached hydrogen (secondary N) is 2. The molecule has 0 heterocycles. The van der Waals surface area contributed by atoms with Gasteiger partial charge in [-0.05, 0) is 37.1 Å². The maximum Gasteiger partial charge on any atom is 0.278 e. The van der Waals surface area contributed by atoms with E-state index in [1.165, 1.54) is 18.2 Å². The van der Waals surface area contributed by atoms with Crippen molar-refractivity contribution in [3.05, 3.63) is 58.1 Å². The third-order valence-electron chi connectivity index (χ3n) is 4.09. The second-order valence-electron chi connectivity index (χ2n) is 6.42. The first-order valence-electron chi connectivity index (χ1n) is 9.24. The SMILES string of the molecule is O=C(CCCCCC(=O)Nc1ccccc1O)N/N=C/c1cc(O)ccc1[N+](=O)[O-]. The number of nitrogens with zero attached hydrogens (tertiary/aromatic N) is 2. The summed E-state index contributed by atoms with van der Waals surface area (Å²) in [6.45, 7) is 0. The highest BCUT2D eigenvalue weighted by atomic mass is 16.6. The molecular weight excluding hydrogens is 392 g/mol. The Morgan fingerprint density at radius 2 is 1.73 bits per heavy atom. The van der Waals surface area contributed by atoms with E-state index in [0.717, 1.165) is 12.3 Å². The Morgan fingerprint density at radius 3 is 2.43 bits per heavy atom. The zero-order chi connectivity index (χ0) is 21.9. The van der Waals surface area contributed by atoms with Crippen LogP contribution in [0.3, 0.4) is 0 Å². The zero-order valence-corrected chi connectivity index (χ0v) is 16.1. The molecule has 2 rings (SSSR count). The Morgan fingerprint density at radius 1 is 1.03 bits per heavy atom. The predicted molar refractivity (Wildman–Crippen MR) is 110 cm³/mol. The molecule has 0 unspecified atom stereocenters. The van der Waals surface area contributed by atoms with E-state index >= 15 is 0 Å². The van der Waals surface area contributed by atoms with Crippen LogP contribution < -0.4 is 10.7 Å². The molecule has 2 aromatic carbocycles. The Labute approximate surface area is 172 Å². The maximum atomic E-state index is 11.9. The third-order valence-corrected chi connectivity index (χ3v) is 4.09. The number of hydrazone groups is 1. The first-order chi connectivity index (χ1) is 14.4. The van der Waals surface area contributed by atoms with Crippen molar-refractivity contribution in [3.8, 4) is 11.5 Å². The highest BCUT2D eigenvalue weighted by Crippen LogP contribution is 2.22. The summed E-state index contributed by atoms with van der Waals surface area (Å²) in [5, 5.41) is 36.3. The normalized spacial score (nSPS) is 10.7. The number of hydrogen-bond donors (Lipinski definition) is 4. The minimum Gasteiger partial charge on any atom is -0.508 e. The molecule has 158 valence electrons. The van der Waals surface area contributed by atoms with Crippen molar-refractivity contribution >= 4 is 29.4 Å². The van der Waals surface area contributed by atoms with Gasteiger partial charge in [-0.2, -0.15) is 5.10 Å². The van der Waals surface area contributed by atoms with E-state index in [0.29, 0.717) is 24.9 Å². The number of hydrogen-bond acceptors (Lipinski definition) is 7. The predicted octanol–water partition coefficient (Wildman–Crippen LogP) is 3.05. The van der Waals surface area contributed by atoms with Crippen LogP contribution in [0.1, 0.15) is 37.7 Å². The van der Waals surface area contributed by atoms with Crippen molar-refractivity contribution in [1.29, 1.82) is 0 Å². The fourth-order valence-electron chi connectivity index (χ4n) is 2.58. The molecular formula is C20H22N4O6. The van der Waals surface area contributed by atoms with Crippen LogP contribution in [0.15, 0.2) is 47.6 Å². The van der Waals surface area contributed by atoms with Crippen molar-refractivity contribution in [1.82, 2.24) is 5.43 Å². The fourth-order valence-corrected chi connectivity index (χ4v) is 2.58. The minimum atomic E-state index is -0.613. The lowest BCUT2D eigenvalue weighted by molar-refractivity contribution is -0.385. The monoisotopic (exact) mass is 414 g/mol. The lowest BCUT2D eigenvalue weighted by atomic mass is 10.1. The number of nitro benzene ring substituents is 1. The minimum absolute atomic E-state index is 0.000812. The van der Waals surface area contributed by atoms with Gasteiger partial charge in [-0.1, -0.05) is 18.6 Å². The summed E-state index contributed by atoms with van der Waals surface area (Å²) in [6.07, 6.45) is 3.29. The average molecular weight is 414 g/mol. The van der Waals surface area contributed by atoms with Crippen LogP contribution in [-0.4, -0.2) is 33.2 Å². The zero-order valence-electron chi connectivity index (χ0n) is 16.1. The number of anilines is 1. The maximum absolute atomic E-state index is 11.9. The number of benzene rings is 2. The largest absolute Gasteiger partial charge is 0.508 e. The van der Waals surface area contributed by atoms with Crippen molar-refractivity contribution in [2.75, 3.05) is 5.32 Å². The highest BCUT2D eigenvalue weighted by Gasteiger charge is 2.12. The van der Waals surface area contributed by atoms with Gasteiger partial charge in [-0.3, -0.25) is 19.7 Å². The van der Waals surface area contributed by atoms with Crippen molar-refractivity contribution in [2.45, 2.75) is 32.1 Å². The van der Waals surface area contributed by atoms with Gasteiger partial charge in [0.1, 0.15) is 11.5 Å². The second kappa shape index (κ2) is 11.1. The molecule has 0 saturated carbocycles. The van der Waals surface area contributed by atoms with Gasteiger partial charge in [0, 0.05) is 18.9 Å². The van der Waals surface area contributed by atoms with E-state index < -0.39 is 4.92 Å². The summed E-state index contributed by atoms with van der Waals surface area (Å²) in [5.74, 6) is -0.745. The summed E-state index contributed by atoms with van der Waals surface area (Å²) in [7, 11) is 0. The smallest absolute Gasteiger partial charge is 0.278 e. The standard InChI is InChI=1S/C20H22N4O6/c25-15-10-11-17(24(29)30)14(12-15)13-21-23-20(28)9-3-1-2-8-19(27)22-16-6-4-5-7-18(16)26/h4-7,10-13,25-26H,1-3,8-9H2,(H,22,27)(H,23,28)/b21-13+. The molecule has 2 amide bonds. The third kappa shape index (κ3) is 7.23. The van der Waals surface area contributed by atoms with Crippen LogP contribution in [0.5, 0.6) is 11.5 Å². The van der Waals surface area contributed by atoms with Crippen LogP contribution in [0.2, 0.25) is 0 Å². The lowest BCUT2D eigenvalue weighted by Crippen LogP contribution is -2.17. The Kier molecular flexibility index (Phi) is 8.30. The highest BCUT2D eigenvalue weighted by molar-refractivity contribution is 5.92. The molecule has 4 N–H and O–H groups in total. The summed E-state index contributed by atoms with van der Waals surface area (Å²) >= 11 is 0. The number of phenolic OH excluding ortho intramolecular Hbond substituents is 2. The van der Waals surface area contributed by atoms with Crippen LogP contribution >= 0.6 is 0 Å². The molecule has 0 aromatic heterocycles. The first-order valence-corrected chi connectivity index (χ1v) is 9.24. The number of nitro groups is 1. The average Bonchev–Trinajstić information content (AvgIpc) is 2.69. The van der Waals surface area contributed by atoms with E-state index in [4.69, 9.17) is 0 Å². The quantitative estimate of drug-likeness (QED) is 0.154.